The molecule has 0 spiro atoms. The number of hydrogen-bond acceptors (Lipinski definition) is 4. The number of halogens is 1. The second kappa shape index (κ2) is 9.79. The van der Waals surface area contributed by atoms with Crippen LogP contribution >= 0.6 is 11.6 Å². The number of likely N-dealkylation sites (N-methyl/N-ethyl adjacent to an activating group) is 1. The Kier molecular flexibility index (Phi) is 6.66. The molecule has 0 aliphatic carbocycles. The van der Waals surface area contributed by atoms with Crippen LogP contribution < -0.4 is 4.90 Å². The molecule has 3 aromatic carbocycles. The number of carbonyl (C=O) groups is 2. The number of benzene rings is 3. The minimum atomic E-state index is -0.703. The van der Waals surface area contributed by atoms with E-state index in [1.165, 1.54) is 0 Å². The quantitative estimate of drug-likeness (QED) is 0.498. The number of hydrogen-bond donors (Lipinski definition) is 0. The van der Waals surface area contributed by atoms with E-state index >= 15 is 0 Å². The van der Waals surface area contributed by atoms with Crippen molar-refractivity contribution in [3.05, 3.63) is 101 Å². The monoisotopic (exact) mass is 446 g/mol. The van der Waals surface area contributed by atoms with E-state index < -0.39 is 6.04 Å². The average Bonchev–Trinajstić information content (AvgIpc) is 2.92. The molecule has 6 heteroatoms. The van der Waals surface area contributed by atoms with Crippen molar-refractivity contribution in [2.45, 2.75) is 25.5 Å². The van der Waals surface area contributed by atoms with E-state index in [2.05, 4.69) is 0 Å². The molecule has 4 rings (SSSR count). The SMILES string of the molecule is CN1C(=O)[C@H](CCC(=O)OCc2ccccc2)N=C(c2ccccc2)c2cc(Cl)ccc21. The van der Waals surface area contributed by atoms with E-state index in [-0.39, 0.29) is 31.3 Å². The van der Waals surface area contributed by atoms with Gasteiger partial charge in [0.05, 0.1) is 11.4 Å². The summed E-state index contributed by atoms with van der Waals surface area (Å²) in [6.07, 6.45) is 0.356. The van der Waals surface area contributed by atoms with Gasteiger partial charge in [-0.15, -0.1) is 0 Å². The van der Waals surface area contributed by atoms with Gasteiger partial charge in [-0.25, -0.2) is 0 Å². The molecule has 1 aliphatic rings. The first-order valence-electron chi connectivity index (χ1n) is 10.4. The van der Waals surface area contributed by atoms with E-state index in [9.17, 15) is 9.59 Å². The molecule has 3 aromatic rings. The third-order valence-electron chi connectivity index (χ3n) is 5.39. The molecule has 5 nitrogen and oxygen atoms in total. The number of ether oxygens (including phenoxy) is 1. The Morgan fingerprint density at radius 3 is 2.44 bits per heavy atom. The highest BCUT2D eigenvalue weighted by Gasteiger charge is 2.30. The zero-order valence-electron chi connectivity index (χ0n) is 17.7. The number of fused-ring (bicyclic) bond motifs is 1. The summed E-state index contributed by atoms with van der Waals surface area (Å²) in [6.45, 7) is 0.209. The third kappa shape index (κ3) is 4.89. The van der Waals surface area contributed by atoms with Gasteiger partial charge in [-0.2, -0.15) is 0 Å². The molecule has 162 valence electrons. The number of esters is 1. The zero-order chi connectivity index (χ0) is 22.5. The largest absolute Gasteiger partial charge is 0.461 e. The number of benzodiazepines with no additional fused rings is 1. The van der Waals surface area contributed by atoms with Gasteiger partial charge in [0.2, 0.25) is 0 Å². The Labute approximate surface area is 192 Å². The van der Waals surface area contributed by atoms with Crippen molar-refractivity contribution in [3.63, 3.8) is 0 Å². The molecule has 0 fully saturated rings. The minimum Gasteiger partial charge on any atom is -0.461 e. The van der Waals surface area contributed by atoms with Gasteiger partial charge < -0.3 is 9.64 Å². The lowest BCUT2D eigenvalue weighted by Gasteiger charge is -2.20. The lowest BCUT2D eigenvalue weighted by Crippen LogP contribution is -2.35. The van der Waals surface area contributed by atoms with Gasteiger partial charge >= 0.3 is 5.97 Å². The highest BCUT2D eigenvalue weighted by Crippen LogP contribution is 2.31. The van der Waals surface area contributed by atoms with Crippen LogP contribution in [0.15, 0.2) is 83.9 Å². The number of amides is 1. The van der Waals surface area contributed by atoms with Crippen molar-refractivity contribution in [1.29, 1.82) is 0 Å². The van der Waals surface area contributed by atoms with E-state index in [0.29, 0.717) is 10.7 Å². The first-order valence-corrected chi connectivity index (χ1v) is 10.8. The Morgan fingerprint density at radius 2 is 1.72 bits per heavy atom. The summed E-state index contributed by atoms with van der Waals surface area (Å²) in [4.78, 5) is 31.9. The van der Waals surface area contributed by atoms with Crippen molar-refractivity contribution in [2.24, 2.45) is 4.99 Å². The van der Waals surface area contributed by atoms with Gasteiger partial charge in [0.15, 0.2) is 0 Å². The first-order chi connectivity index (χ1) is 15.5. The Morgan fingerprint density at radius 1 is 1.03 bits per heavy atom. The lowest BCUT2D eigenvalue weighted by molar-refractivity contribution is -0.145. The number of nitrogens with zero attached hydrogens (tertiary/aromatic N) is 2. The van der Waals surface area contributed by atoms with Crippen LogP contribution in [0.4, 0.5) is 5.69 Å². The van der Waals surface area contributed by atoms with Crippen molar-refractivity contribution in [3.8, 4) is 0 Å². The van der Waals surface area contributed by atoms with Crippen LogP contribution in [0.1, 0.15) is 29.5 Å². The van der Waals surface area contributed by atoms with E-state index in [1.807, 2.05) is 72.8 Å². The topological polar surface area (TPSA) is 59.0 Å². The van der Waals surface area contributed by atoms with E-state index in [0.717, 1.165) is 22.4 Å². The van der Waals surface area contributed by atoms with Crippen LogP contribution in [0.2, 0.25) is 5.02 Å². The van der Waals surface area contributed by atoms with Crippen LogP contribution in [0.25, 0.3) is 0 Å². The van der Waals surface area contributed by atoms with Gasteiger partial charge in [0.25, 0.3) is 5.91 Å². The number of rotatable bonds is 6. The molecule has 1 heterocycles. The molecule has 0 N–H and O–H groups in total. The molecular weight excluding hydrogens is 424 g/mol. The van der Waals surface area contributed by atoms with Gasteiger partial charge in [0, 0.05) is 29.6 Å². The summed E-state index contributed by atoms with van der Waals surface area (Å²) in [6, 6.07) is 23.9. The molecule has 0 aromatic heterocycles. The van der Waals surface area contributed by atoms with Crippen LogP contribution in [0.3, 0.4) is 0 Å². The van der Waals surface area contributed by atoms with Crippen LogP contribution in [0.5, 0.6) is 0 Å². The summed E-state index contributed by atoms with van der Waals surface area (Å²) >= 11 is 6.27. The molecule has 0 saturated heterocycles. The van der Waals surface area contributed by atoms with Crippen LogP contribution in [0, 0.1) is 0 Å². The standard InChI is InChI=1S/C26H23ClN2O3/c1-29-23-14-12-20(27)16-21(23)25(19-10-6-3-7-11-19)28-22(26(29)31)13-15-24(30)32-17-18-8-4-2-5-9-18/h2-12,14,16,22H,13,15,17H2,1H3/t22-/m0/s1. The average molecular weight is 447 g/mol. The number of carbonyl (C=O) groups excluding carboxylic acids is 2. The molecular formula is C26H23ClN2O3. The zero-order valence-corrected chi connectivity index (χ0v) is 18.5. The Balaban J connectivity index is 1.57. The molecule has 0 radical (unpaired) electrons. The molecule has 1 atom stereocenters. The predicted octanol–water partition coefficient (Wildman–Crippen LogP) is 5.05. The Hall–Kier alpha value is -3.44. The van der Waals surface area contributed by atoms with Crippen LogP contribution in [-0.4, -0.2) is 30.7 Å². The number of anilines is 1. The van der Waals surface area contributed by atoms with Gasteiger partial charge in [-0.05, 0) is 30.2 Å². The highest BCUT2D eigenvalue weighted by atomic mass is 35.5. The molecule has 1 aliphatic heterocycles. The van der Waals surface area contributed by atoms with Crippen molar-refractivity contribution >= 4 is 34.9 Å². The van der Waals surface area contributed by atoms with Crippen molar-refractivity contribution in [2.75, 3.05) is 11.9 Å². The van der Waals surface area contributed by atoms with Crippen LogP contribution in [-0.2, 0) is 20.9 Å². The molecule has 0 unspecified atom stereocenters. The molecule has 32 heavy (non-hydrogen) atoms. The summed E-state index contributed by atoms with van der Waals surface area (Å²) in [5, 5.41) is 0.566. The normalized spacial score (nSPS) is 15.6. The minimum absolute atomic E-state index is 0.0970. The van der Waals surface area contributed by atoms with Crippen molar-refractivity contribution < 1.29 is 14.3 Å². The lowest BCUT2D eigenvalue weighted by atomic mass is 10.0. The maximum Gasteiger partial charge on any atom is 0.306 e. The van der Waals surface area contributed by atoms with Crippen molar-refractivity contribution in [1.82, 2.24) is 0 Å². The van der Waals surface area contributed by atoms with E-state index in [4.69, 9.17) is 21.3 Å². The summed E-state index contributed by atoms with van der Waals surface area (Å²) < 4.78 is 5.37. The van der Waals surface area contributed by atoms with Gasteiger partial charge in [-0.1, -0.05) is 72.3 Å². The predicted molar refractivity (Wildman–Crippen MR) is 126 cm³/mol. The fraction of sp³-hybridized carbons (Fsp3) is 0.192. The molecule has 0 bridgehead atoms. The van der Waals surface area contributed by atoms with Gasteiger partial charge in [0.1, 0.15) is 12.6 Å². The second-order valence-electron chi connectivity index (χ2n) is 7.60. The van der Waals surface area contributed by atoms with Gasteiger partial charge in [-0.3, -0.25) is 14.6 Å². The highest BCUT2D eigenvalue weighted by molar-refractivity contribution is 6.32. The van der Waals surface area contributed by atoms with E-state index in [1.54, 1.807) is 18.0 Å². The fourth-order valence-electron chi connectivity index (χ4n) is 3.69. The summed E-state index contributed by atoms with van der Waals surface area (Å²) in [5.41, 5.74) is 4.01. The number of aliphatic imine (C=N–C) groups is 1. The molecule has 0 saturated carbocycles. The summed E-state index contributed by atoms with van der Waals surface area (Å²) in [7, 11) is 1.72. The summed E-state index contributed by atoms with van der Waals surface area (Å²) in [5.74, 6) is -0.527. The molecule has 1 amide bonds. The maximum atomic E-state index is 13.2. The second-order valence-corrected chi connectivity index (χ2v) is 8.04. The Bertz CT molecular complexity index is 1150. The smallest absolute Gasteiger partial charge is 0.306 e. The first kappa shape index (κ1) is 21.8. The third-order valence-corrected chi connectivity index (χ3v) is 5.62. The fourth-order valence-corrected chi connectivity index (χ4v) is 3.86. The maximum absolute atomic E-state index is 13.2.